The summed E-state index contributed by atoms with van der Waals surface area (Å²) in [6.07, 6.45) is 3.78. The average molecular weight is 187 g/mol. The summed E-state index contributed by atoms with van der Waals surface area (Å²) in [5.74, 6) is -0.274. The quantitative estimate of drug-likeness (QED) is 0.467. The number of unbranched alkanes of at least 4 members (excludes halogenated alkanes) is 1. The van der Waals surface area contributed by atoms with E-state index in [-0.39, 0.29) is 11.9 Å². The Kier molecular flexibility index (Phi) is 7.63. The molecule has 0 rings (SSSR count). The second kappa shape index (κ2) is 8.01. The van der Waals surface area contributed by atoms with E-state index in [4.69, 9.17) is 11.5 Å². The topological polar surface area (TPSA) is 81.1 Å². The third-order valence-electron chi connectivity index (χ3n) is 1.96. The van der Waals surface area contributed by atoms with Crippen LogP contribution in [0.2, 0.25) is 0 Å². The molecule has 4 nitrogen and oxygen atoms in total. The molecule has 0 saturated carbocycles. The summed E-state index contributed by atoms with van der Waals surface area (Å²) in [6.45, 7) is 3.58. The van der Waals surface area contributed by atoms with E-state index in [0.717, 1.165) is 32.2 Å². The predicted octanol–water partition coefficient (Wildman–Crippen LogP) is -0.0311. The molecule has 0 aliphatic carbocycles. The molecule has 78 valence electrons. The molecule has 13 heavy (non-hydrogen) atoms. The van der Waals surface area contributed by atoms with Gasteiger partial charge in [-0.3, -0.25) is 4.79 Å². The van der Waals surface area contributed by atoms with Gasteiger partial charge in [-0.1, -0.05) is 13.3 Å². The third-order valence-corrected chi connectivity index (χ3v) is 1.96. The number of hydrogen-bond acceptors (Lipinski definition) is 3. The summed E-state index contributed by atoms with van der Waals surface area (Å²) in [4.78, 5) is 10.9. The highest BCUT2D eigenvalue weighted by Crippen LogP contribution is 1.96. The van der Waals surface area contributed by atoms with Crippen molar-refractivity contribution in [1.82, 2.24) is 5.32 Å². The first kappa shape index (κ1) is 12.4. The van der Waals surface area contributed by atoms with Crippen LogP contribution in [-0.4, -0.2) is 25.0 Å². The Morgan fingerprint density at radius 2 is 2.15 bits per heavy atom. The number of primary amides is 1. The van der Waals surface area contributed by atoms with Crippen molar-refractivity contribution < 1.29 is 4.79 Å². The number of amides is 1. The van der Waals surface area contributed by atoms with Gasteiger partial charge in [0.15, 0.2) is 0 Å². The van der Waals surface area contributed by atoms with Crippen LogP contribution in [0.15, 0.2) is 0 Å². The largest absolute Gasteiger partial charge is 0.368 e. The van der Waals surface area contributed by atoms with E-state index < -0.39 is 0 Å². The van der Waals surface area contributed by atoms with Crippen molar-refractivity contribution in [2.45, 2.75) is 38.6 Å². The standard InChI is InChI=1S/C9H21N3O/c1-2-3-7-12-8(9(11)13)5-4-6-10/h8,12H,2-7,10H2,1H3,(H2,11,13). The number of nitrogens with one attached hydrogen (secondary N) is 1. The van der Waals surface area contributed by atoms with E-state index in [0.29, 0.717) is 6.54 Å². The molecule has 0 spiro atoms. The Balaban J connectivity index is 3.61. The van der Waals surface area contributed by atoms with Crippen molar-refractivity contribution >= 4 is 5.91 Å². The van der Waals surface area contributed by atoms with Gasteiger partial charge in [0.25, 0.3) is 0 Å². The van der Waals surface area contributed by atoms with Crippen LogP contribution in [0, 0.1) is 0 Å². The SMILES string of the molecule is CCCCNC(CCCN)C(N)=O. The Morgan fingerprint density at radius 3 is 2.62 bits per heavy atom. The van der Waals surface area contributed by atoms with Gasteiger partial charge in [0.1, 0.15) is 0 Å². The van der Waals surface area contributed by atoms with Crippen LogP contribution in [0.1, 0.15) is 32.6 Å². The molecule has 0 heterocycles. The molecule has 0 saturated heterocycles. The van der Waals surface area contributed by atoms with E-state index in [9.17, 15) is 4.79 Å². The zero-order chi connectivity index (χ0) is 10.1. The zero-order valence-corrected chi connectivity index (χ0v) is 8.38. The molecule has 0 fully saturated rings. The van der Waals surface area contributed by atoms with Gasteiger partial charge in [0.2, 0.25) is 5.91 Å². The molecule has 0 aromatic carbocycles. The minimum atomic E-state index is -0.274. The molecule has 1 unspecified atom stereocenters. The first-order chi connectivity index (χ1) is 6.22. The van der Waals surface area contributed by atoms with Gasteiger partial charge in [0.05, 0.1) is 6.04 Å². The lowest BCUT2D eigenvalue weighted by atomic mass is 10.1. The van der Waals surface area contributed by atoms with Crippen LogP contribution < -0.4 is 16.8 Å². The minimum absolute atomic E-state index is 0.199. The average Bonchev–Trinajstić information content (AvgIpc) is 2.10. The van der Waals surface area contributed by atoms with E-state index in [2.05, 4.69) is 12.2 Å². The first-order valence-electron chi connectivity index (χ1n) is 4.95. The molecule has 5 N–H and O–H groups in total. The molecule has 0 aromatic rings. The molecular weight excluding hydrogens is 166 g/mol. The van der Waals surface area contributed by atoms with Crippen molar-refractivity contribution in [2.24, 2.45) is 11.5 Å². The smallest absolute Gasteiger partial charge is 0.234 e. The minimum Gasteiger partial charge on any atom is -0.368 e. The van der Waals surface area contributed by atoms with E-state index in [1.54, 1.807) is 0 Å². The van der Waals surface area contributed by atoms with Crippen LogP contribution in [0.4, 0.5) is 0 Å². The Morgan fingerprint density at radius 1 is 1.46 bits per heavy atom. The van der Waals surface area contributed by atoms with Gasteiger partial charge < -0.3 is 16.8 Å². The fourth-order valence-electron chi connectivity index (χ4n) is 1.12. The summed E-state index contributed by atoms with van der Waals surface area (Å²) in [5.41, 5.74) is 10.6. The van der Waals surface area contributed by atoms with Gasteiger partial charge in [0, 0.05) is 0 Å². The lowest BCUT2D eigenvalue weighted by Gasteiger charge is -2.14. The van der Waals surface area contributed by atoms with E-state index >= 15 is 0 Å². The lowest BCUT2D eigenvalue weighted by Crippen LogP contribution is -2.41. The number of rotatable bonds is 8. The predicted molar refractivity (Wildman–Crippen MR) is 54.2 cm³/mol. The van der Waals surface area contributed by atoms with Crippen LogP contribution in [0.3, 0.4) is 0 Å². The summed E-state index contributed by atoms with van der Waals surface area (Å²) in [7, 11) is 0. The monoisotopic (exact) mass is 187 g/mol. The molecule has 0 aliphatic rings. The summed E-state index contributed by atoms with van der Waals surface area (Å²) in [6, 6.07) is -0.199. The van der Waals surface area contributed by atoms with Gasteiger partial charge in [-0.2, -0.15) is 0 Å². The summed E-state index contributed by atoms with van der Waals surface area (Å²) < 4.78 is 0. The van der Waals surface area contributed by atoms with Crippen molar-refractivity contribution in [3.8, 4) is 0 Å². The van der Waals surface area contributed by atoms with Gasteiger partial charge in [-0.15, -0.1) is 0 Å². The second-order valence-electron chi connectivity index (χ2n) is 3.19. The second-order valence-corrected chi connectivity index (χ2v) is 3.19. The zero-order valence-electron chi connectivity index (χ0n) is 8.38. The molecule has 1 amide bonds. The van der Waals surface area contributed by atoms with Gasteiger partial charge in [-0.05, 0) is 32.4 Å². The molecular formula is C9H21N3O. The van der Waals surface area contributed by atoms with Gasteiger partial charge in [-0.25, -0.2) is 0 Å². The number of hydrogen-bond donors (Lipinski definition) is 3. The lowest BCUT2D eigenvalue weighted by molar-refractivity contribution is -0.120. The molecule has 0 aliphatic heterocycles. The van der Waals surface area contributed by atoms with Crippen molar-refractivity contribution in [3.05, 3.63) is 0 Å². The van der Waals surface area contributed by atoms with Crippen LogP contribution >= 0.6 is 0 Å². The van der Waals surface area contributed by atoms with Crippen molar-refractivity contribution in [3.63, 3.8) is 0 Å². The normalized spacial score (nSPS) is 12.8. The van der Waals surface area contributed by atoms with Crippen LogP contribution in [-0.2, 0) is 4.79 Å². The fraction of sp³-hybridized carbons (Fsp3) is 0.889. The maximum absolute atomic E-state index is 10.9. The highest BCUT2D eigenvalue weighted by Gasteiger charge is 2.12. The highest BCUT2D eigenvalue weighted by atomic mass is 16.1. The van der Waals surface area contributed by atoms with Crippen LogP contribution in [0.5, 0.6) is 0 Å². The fourth-order valence-corrected chi connectivity index (χ4v) is 1.12. The Bertz CT molecular complexity index is 139. The van der Waals surface area contributed by atoms with Crippen molar-refractivity contribution in [2.75, 3.05) is 13.1 Å². The molecule has 0 radical (unpaired) electrons. The van der Waals surface area contributed by atoms with Gasteiger partial charge >= 0.3 is 0 Å². The number of carbonyl (C=O) groups is 1. The Labute approximate surface area is 80.0 Å². The number of carbonyl (C=O) groups excluding carboxylic acids is 1. The molecule has 1 atom stereocenters. The van der Waals surface area contributed by atoms with Crippen LogP contribution in [0.25, 0.3) is 0 Å². The van der Waals surface area contributed by atoms with E-state index in [1.807, 2.05) is 0 Å². The number of nitrogens with two attached hydrogens (primary N) is 2. The Hall–Kier alpha value is -0.610. The molecule has 0 bridgehead atoms. The maximum Gasteiger partial charge on any atom is 0.234 e. The highest BCUT2D eigenvalue weighted by molar-refractivity contribution is 5.79. The van der Waals surface area contributed by atoms with Crippen molar-refractivity contribution in [1.29, 1.82) is 0 Å². The summed E-state index contributed by atoms with van der Waals surface area (Å²) in [5, 5.41) is 3.12. The molecule has 4 heteroatoms. The third kappa shape index (κ3) is 6.54. The first-order valence-corrected chi connectivity index (χ1v) is 4.95. The summed E-state index contributed by atoms with van der Waals surface area (Å²) >= 11 is 0. The maximum atomic E-state index is 10.9. The molecule has 0 aromatic heterocycles. The van der Waals surface area contributed by atoms with E-state index in [1.165, 1.54) is 0 Å².